The molecule has 8 nitrogen and oxygen atoms in total. The highest BCUT2D eigenvalue weighted by Crippen LogP contribution is 2.21. The number of carbonyl (C=O) groups excluding carboxylic acids is 3. The Kier molecular flexibility index (Phi) is 8.66. The van der Waals surface area contributed by atoms with Crippen LogP contribution in [0.4, 0.5) is 4.79 Å². The highest BCUT2D eigenvalue weighted by Gasteiger charge is 2.43. The van der Waals surface area contributed by atoms with Crippen LogP contribution in [0, 0.1) is 5.92 Å². The van der Waals surface area contributed by atoms with Gasteiger partial charge in [0.2, 0.25) is 11.6 Å². The zero-order valence-corrected chi connectivity index (χ0v) is 20.8. The van der Waals surface area contributed by atoms with Crippen molar-refractivity contribution in [2.75, 3.05) is 6.54 Å². The van der Waals surface area contributed by atoms with Crippen molar-refractivity contribution in [3.05, 3.63) is 83.9 Å². The number of urea groups is 1. The summed E-state index contributed by atoms with van der Waals surface area (Å²) in [5, 5.41) is 15.6. The fourth-order valence-electron chi connectivity index (χ4n) is 3.93. The smallest absolute Gasteiger partial charge is 0.359 e. The fraction of sp³-hybridized carbons (Fsp3) is 0.321. The minimum atomic E-state index is -2.27. The molecule has 3 rings (SSSR count). The average Bonchev–Trinajstić information content (AvgIpc) is 2.85. The van der Waals surface area contributed by atoms with Gasteiger partial charge in [0, 0.05) is 13.0 Å². The van der Waals surface area contributed by atoms with Crippen LogP contribution in [-0.4, -0.2) is 46.2 Å². The van der Waals surface area contributed by atoms with Crippen molar-refractivity contribution in [1.29, 1.82) is 0 Å². The molecule has 8 heteroatoms. The van der Waals surface area contributed by atoms with Crippen LogP contribution in [-0.2, 0) is 27.4 Å². The second kappa shape index (κ2) is 11.7. The number of hydrogen-bond donors (Lipinski definition) is 3. The second-order valence-corrected chi connectivity index (χ2v) is 9.33. The molecule has 0 aliphatic carbocycles. The van der Waals surface area contributed by atoms with E-state index in [1.165, 1.54) is 6.92 Å². The number of nitrogens with two attached hydrogens (primary N) is 1. The molecule has 0 aliphatic rings. The van der Waals surface area contributed by atoms with Gasteiger partial charge in [0.15, 0.2) is 0 Å². The van der Waals surface area contributed by atoms with E-state index in [1.54, 1.807) is 24.3 Å². The van der Waals surface area contributed by atoms with Gasteiger partial charge in [-0.3, -0.25) is 9.69 Å². The third-order valence-corrected chi connectivity index (χ3v) is 5.86. The number of nitrogens with zero attached hydrogens (tertiary/aromatic N) is 1. The first-order valence-corrected chi connectivity index (χ1v) is 11.9. The highest BCUT2D eigenvalue weighted by molar-refractivity contribution is 5.91. The molecule has 3 amide bonds. The Hall–Kier alpha value is -3.91. The maximum Gasteiger partial charge on any atom is 0.359 e. The molecule has 0 radical (unpaired) electrons. The number of carbonyl (C=O) groups is 3. The maximum absolute atomic E-state index is 13.3. The lowest BCUT2D eigenvalue weighted by atomic mass is 9.98. The molecule has 0 heterocycles. The Morgan fingerprint density at radius 3 is 2.31 bits per heavy atom. The van der Waals surface area contributed by atoms with Crippen LogP contribution in [0.5, 0.6) is 0 Å². The lowest BCUT2D eigenvalue weighted by Gasteiger charge is -2.36. The molecular weight excluding hydrogens is 458 g/mol. The molecule has 0 spiro atoms. The van der Waals surface area contributed by atoms with Gasteiger partial charge in [-0.1, -0.05) is 86.6 Å². The fourth-order valence-corrected chi connectivity index (χ4v) is 3.93. The number of benzene rings is 3. The second-order valence-electron chi connectivity index (χ2n) is 9.33. The van der Waals surface area contributed by atoms with Crippen molar-refractivity contribution in [1.82, 2.24) is 10.2 Å². The standard InChI is InChI=1S/C28H33N3O5/c1-19(2)17-31(28(3,35)26(33)36-18-20-10-5-4-6-11-20)27(34)30-24(25(29)32)16-22-14-9-13-21-12-7-8-15-23(21)22/h4-15,19,24,35H,16-18H2,1-3H3,(H2,29,32)(H,30,34)/t24-,28?/m0/s1. The zero-order chi connectivity index (χ0) is 26.3. The normalized spacial score (nSPS) is 13.6. The Labute approximate surface area is 211 Å². The molecule has 0 aliphatic heterocycles. The molecule has 0 fully saturated rings. The first-order valence-electron chi connectivity index (χ1n) is 11.9. The number of hydrogen-bond acceptors (Lipinski definition) is 5. The van der Waals surface area contributed by atoms with Crippen LogP contribution >= 0.6 is 0 Å². The van der Waals surface area contributed by atoms with Crippen LogP contribution in [0.15, 0.2) is 72.8 Å². The number of esters is 1. The SMILES string of the molecule is CC(C)CN(C(=O)N[C@@H](Cc1cccc2ccccc12)C(N)=O)C(C)(O)C(=O)OCc1ccccc1. The summed E-state index contributed by atoms with van der Waals surface area (Å²) in [5.41, 5.74) is 4.94. The van der Waals surface area contributed by atoms with Crippen molar-refractivity contribution >= 4 is 28.7 Å². The van der Waals surface area contributed by atoms with Crippen LogP contribution in [0.25, 0.3) is 10.8 Å². The molecule has 190 valence electrons. The van der Waals surface area contributed by atoms with Crippen LogP contribution < -0.4 is 11.1 Å². The van der Waals surface area contributed by atoms with Gasteiger partial charge < -0.3 is 20.9 Å². The summed E-state index contributed by atoms with van der Waals surface area (Å²) in [6.07, 6.45) is 0.151. The molecule has 0 aromatic heterocycles. The molecular formula is C28H33N3O5. The molecule has 2 atom stereocenters. The highest BCUT2D eigenvalue weighted by atomic mass is 16.6. The maximum atomic E-state index is 13.3. The van der Waals surface area contributed by atoms with Gasteiger partial charge in [0.1, 0.15) is 12.6 Å². The van der Waals surface area contributed by atoms with E-state index in [-0.39, 0.29) is 25.5 Å². The summed E-state index contributed by atoms with van der Waals surface area (Å²) in [6.45, 7) is 4.86. The number of nitrogens with one attached hydrogen (secondary N) is 1. The van der Waals surface area contributed by atoms with Crippen LogP contribution in [0.2, 0.25) is 0 Å². The van der Waals surface area contributed by atoms with Crippen molar-refractivity contribution in [2.24, 2.45) is 11.7 Å². The Morgan fingerprint density at radius 1 is 1.00 bits per heavy atom. The Balaban J connectivity index is 1.78. The predicted molar refractivity (Wildman–Crippen MR) is 138 cm³/mol. The predicted octanol–water partition coefficient (Wildman–Crippen LogP) is 3.36. The minimum Gasteiger partial charge on any atom is -0.457 e. The minimum absolute atomic E-state index is 0.0407. The lowest BCUT2D eigenvalue weighted by Crippen LogP contribution is -2.61. The van der Waals surface area contributed by atoms with E-state index in [4.69, 9.17) is 10.5 Å². The van der Waals surface area contributed by atoms with Crippen LogP contribution in [0.1, 0.15) is 31.9 Å². The number of primary amides is 1. The Bertz CT molecular complexity index is 1200. The first kappa shape index (κ1) is 26.7. The monoisotopic (exact) mass is 491 g/mol. The lowest BCUT2D eigenvalue weighted by molar-refractivity contribution is -0.181. The first-order chi connectivity index (χ1) is 17.1. The zero-order valence-electron chi connectivity index (χ0n) is 20.8. The third kappa shape index (κ3) is 6.60. The molecule has 3 aromatic carbocycles. The van der Waals surface area contributed by atoms with Gasteiger partial charge in [-0.2, -0.15) is 0 Å². The number of rotatable bonds is 10. The number of aliphatic hydroxyl groups is 1. The molecule has 0 bridgehead atoms. The molecule has 0 saturated heterocycles. The van der Waals surface area contributed by atoms with Gasteiger partial charge in [-0.15, -0.1) is 0 Å². The van der Waals surface area contributed by atoms with E-state index < -0.39 is 29.7 Å². The molecule has 36 heavy (non-hydrogen) atoms. The van der Waals surface area contributed by atoms with Gasteiger partial charge in [-0.25, -0.2) is 9.59 Å². The van der Waals surface area contributed by atoms with Gasteiger partial charge in [0.25, 0.3) is 0 Å². The summed E-state index contributed by atoms with van der Waals surface area (Å²) in [6, 6.07) is 20.6. The van der Waals surface area contributed by atoms with E-state index in [9.17, 15) is 19.5 Å². The molecule has 1 unspecified atom stereocenters. The van der Waals surface area contributed by atoms with E-state index >= 15 is 0 Å². The van der Waals surface area contributed by atoms with E-state index in [2.05, 4.69) is 5.32 Å². The van der Waals surface area contributed by atoms with Crippen LogP contribution in [0.3, 0.4) is 0 Å². The Morgan fingerprint density at radius 2 is 1.64 bits per heavy atom. The number of fused-ring (bicyclic) bond motifs is 1. The van der Waals surface area contributed by atoms with E-state index in [0.29, 0.717) is 0 Å². The molecule has 0 saturated carbocycles. The number of ether oxygens (including phenoxy) is 1. The van der Waals surface area contributed by atoms with Gasteiger partial charge in [0.05, 0.1) is 0 Å². The van der Waals surface area contributed by atoms with Crippen molar-refractivity contribution < 1.29 is 24.2 Å². The quantitative estimate of drug-likeness (QED) is 0.297. The van der Waals surface area contributed by atoms with Crippen molar-refractivity contribution in [2.45, 2.75) is 45.6 Å². The summed E-state index contributed by atoms with van der Waals surface area (Å²) >= 11 is 0. The van der Waals surface area contributed by atoms with E-state index in [0.717, 1.165) is 26.8 Å². The number of amides is 3. The molecule has 3 aromatic rings. The summed E-state index contributed by atoms with van der Waals surface area (Å²) in [5.74, 6) is -1.80. The average molecular weight is 492 g/mol. The summed E-state index contributed by atoms with van der Waals surface area (Å²) in [4.78, 5) is 39.4. The summed E-state index contributed by atoms with van der Waals surface area (Å²) < 4.78 is 5.30. The topological polar surface area (TPSA) is 122 Å². The summed E-state index contributed by atoms with van der Waals surface area (Å²) in [7, 11) is 0. The van der Waals surface area contributed by atoms with Crippen molar-refractivity contribution in [3.8, 4) is 0 Å². The largest absolute Gasteiger partial charge is 0.457 e. The van der Waals surface area contributed by atoms with E-state index in [1.807, 2.05) is 62.4 Å². The van der Waals surface area contributed by atoms with Gasteiger partial charge >= 0.3 is 12.0 Å². The molecule has 4 N–H and O–H groups in total. The van der Waals surface area contributed by atoms with Crippen molar-refractivity contribution in [3.63, 3.8) is 0 Å². The van der Waals surface area contributed by atoms with Gasteiger partial charge in [-0.05, 0) is 34.7 Å². The third-order valence-electron chi connectivity index (χ3n) is 5.86.